The Kier molecular flexibility index (Phi) is 3.46. The van der Waals surface area contributed by atoms with Crippen LogP contribution in [0.5, 0.6) is 0 Å². The second-order valence-corrected chi connectivity index (χ2v) is 4.54. The highest BCUT2D eigenvalue weighted by Gasteiger charge is 2.45. The highest BCUT2D eigenvalue weighted by molar-refractivity contribution is 5.49. The zero-order chi connectivity index (χ0) is 13.9. The Balaban J connectivity index is 0.000000408. The van der Waals surface area contributed by atoms with Crippen LogP contribution in [0.25, 0.3) is 5.65 Å². The van der Waals surface area contributed by atoms with Crippen molar-refractivity contribution < 1.29 is 9.59 Å². The Bertz CT molecular complexity index is 672. The lowest BCUT2D eigenvalue weighted by Crippen LogP contribution is -2.02. The summed E-state index contributed by atoms with van der Waals surface area (Å²) in [7, 11) is 0. The number of fused-ring (bicyclic) bond motifs is 1. The highest BCUT2D eigenvalue weighted by Crippen LogP contribution is 2.47. The largest absolute Gasteiger partial charge is 0.373 e. The van der Waals surface area contributed by atoms with E-state index in [1.54, 1.807) is 0 Å². The minimum Gasteiger partial charge on any atom is -0.307 e. The van der Waals surface area contributed by atoms with Crippen molar-refractivity contribution in [3.8, 4) is 6.07 Å². The van der Waals surface area contributed by atoms with Gasteiger partial charge in [-0.3, -0.25) is 0 Å². The fraction of sp³-hybridized carbons (Fsp3) is 0.357. The smallest absolute Gasteiger partial charge is 0.307 e. The maximum atomic E-state index is 9.16. The topological polar surface area (TPSA) is 75.2 Å². The summed E-state index contributed by atoms with van der Waals surface area (Å²) in [6.07, 6.45) is 7.22. The third-order valence-corrected chi connectivity index (χ3v) is 3.39. The molecule has 0 N–H and O–H groups in total. The summed E-state index contributed by atoms with van der Waals surface area (Å²) in [6.45, 7) is 2.10. The molecule has 0 aliphatic heterocycles. The van der Waals surface area contributed by atoms with Crippen LogP contribution in [-0.2, 0) is 21.4 Å². The van der Waals surface area contributed by atoms with E-state index in [9.17, 15) is 0 Å². The summed E-state index contributed by atoms with van der Waals surface area (Å²) in [5.74, 6) is 0. The maximum absolute atomic E-state index is 9.16. The molecular formula is C14H13N3O2. The van der Waals surface area contributed by atoms with Crippen LogP contribution in [0.15, 0.2) is 24.5 Å². The first kappa shape index (κ1) is 13.0. The van der Waals surface area contributed by atoms with E-state index in [0.29, 0.717) is 0 Å². The molecule has 0 spiro atoms. The predicted octanol–water partition coefficient (Wildman–Crippen LogP) is 1.87. The lowest BCUT2D eigenvalue weighted by molar-refractivity contribution is -0.191. The third-order valence-electron chi connectivity index (χ3n) is 3.39. The fourth-order valence-electron chi connectivity index (χ4n) is 2.09. The van der Waals surface area contributed by atoms with E-state index < -0.39 is 0 Å². The molecule has 1 aliphatic carbocycles. The quantitative estimate of drug-likeness (QED) is 0.820. The van der Waals surface area contributed by atoms with E-state index in [1.807, 2.05) is 22.9 Å². The van der Waals surface area contributed by atoms with Gasteiger partial charge in [-0.2, -0.15) is 14.9 Å². The van der Waals surface area contributed by atoms with E-state index in [-0.39, 0.29) is 11.6 Å². The number of carbonyl (C=O) groups excluding carboxylic acids is 2. The number of aryl methyl sites for hydroxylation is 1. The summed E-state index contributed by atoms with van der Waals surface area (Å²) in [4.78, 5) is 20.8. The molecular weight excluding hydrogens is 242 g/mol. The van der Waals surface area contributed by atoms with E-state index in [2.05, 4.69) is 24.0 Å². The standard InChI is InChI=1S/C13H13N3.CO2/c1-2-11-8-16-6-3-10(7-12(16)15-11)13(9-14)4-5-13;2-1-3/h3,6-8H,2,4-5H2,1H3;. The van der Waals surface area contributed by atoms with Gasteiger partial charge < -0.3 is 4.40 Å². The Hall–Kier alpha value is -2.44. The number of imidazole rings is 1. The zero-order valence-corrected chi connectivity index (χ0v) is 10.6. The van der Waals surface area contributed by atoms with Crippen molar-refractivity contribution in [3.05, 3.63) is 35.8 Å². The molecule has 19 heavy (non-hydrogen) atoms. The molecule has 3 rings (SSSR count). The molecule has 0 aromatic carbocycles. The molecule has 1 fully saturated rings. The summed E-state index contributed by atoms with van der Waals surface area (Å²) in [5, 5.41) is 9.16. The highest BCUT2D eigenvalue weighted by atomic mass is 16.2. The van der Waals surface area contributed by atoms with E-state index >= 15 is 0 Å². The van der Waals surface area contributed by atoms with Gasteiger partial charge in [0.1, 0.15) is 5.65 Å². The average Bonchev–Trinajstić information content (AvgIpc) is 3.12. The van der Waals surface area contributed by atoms with Gasteiger partial charge in [0.25, 0.3) is 0 Å². The number of aromatic nitrogens is 2. The van der Waals surface area contributed by atoms with Crippen LogP contribution in [0.2, 0.25) is 0 Å². The van der Waals surface area contributed by atoms with Crippen molar-refractivity contribution in [2.24, 2.45) is 0 Å². The van der Waals surface area contributed by atoms with E-state index in [4.69, 9.17) is 14.9 Å². The molecule has 1 aliphatic rings. The van der Waals surface area contributed by atoms with Crippen LogP contribution in [0, 0.1) is 11.3 Å². The Morgan fingerprint density at radius 2 is 2.16 bits per heavy atom. The van der Waals surface area contributed by atoms with E-state index in [0.717, 1.165) is 36.2 Å². The molecule has 0 unspecified atom stereocenters. The monoisotopic (exact) mass is 255 g/mol. The van der Waals surface area contributed by atoms with Crippen LogP contribution in [-0.4, -0.2) is 15.5 Å². The van der Waals surface area contributed by atoms with Gasteiger partial charge in [-0.05, 0) is 37.0 Å². The Labute approximate surface area is 110 Å². The summed E-state index contributed by atoms with van der Waals surface area (Å²) in [6, 6.07) is 6.51. The van der Waals surface area contributed by atoms with Gasteiger partial charge in [0.2, 0.25) is 0 Å². The van der Waals surface area contributed by atoms with Crippen molar-refractivity contribution >= 4 is 11.8 Å². The van der Waals surface area contributed by atoms with Gasteiger partial charge >= 0.3 is 6.15 Å². The van der Waals surface area contributed by atoms with Gasteiger partial charge in [-0.15, -0.1) is 0 Å². The molecule has 5 nitrogen and oxygen atoms in total. The second kappa shape index (κ2) is 5.05. The van der Waals surface area contributed by atoms with Crippen LogP contribution in [0.1, 0.15) is 31.0 Å². The van der Waals surface area contributed by atoms with Gasteiger partial charge in [-0.25, -0.2) is 4.98 Å². The number of hydrogen-bond acceptors (Lipinski definition) is 4. The molecule has 96 valence electrons. The van der Waals surface area contributed by atoms with Gasteiger partial charge in [-0.1, -0.05) is 6.92 Å². The molecule has 0 radical (unpaired) electrons. The third kappa shape index (κ3) is 2.40. The van der Waals surface area contributed by atoms with Gasteiger partial charge in [0.05, 0.1) is 17.2 Å². The normalized spacial score (nSPS) is 14.9. The second-order valence-electron chi connectivity index (χ2n) is 4.54. The predicted molar refractivity (Wildman–Crippen MR) is 66.1 cm³/mol. The summed E-state index contributed by atoms with van der Waals surface area (Å²) >= 11 is 0. The molecule has 0 amide bonds. The Morgan fingerprint density at radius 3 is 2.68 bits per heavy atom. The zero-order valence-electron chi connectivity index (χ0n) is 10.6. The minimum atomic E-state index is -0.208. The lowest BCUT2D eigenvalue weighted by Gasteiger charge is -2.05. The molecule has 0 saturated heterocycles. The van der Waals surface area contributed by atoms with Crippen molar-refractivity contribution in [2.75, 3.05) is 0 Å². The number of hydrogen-bond donors (Lipinski definition) is 0. The Morgan fingerprint density at radius 1 is 1.47 bits per heavy atom. The maximum Gasteiger partial charge on any atom is 0.373 e. The first-order valence-corrected chi connectivity index (χ1v) is 6.07. The van der Waals surface area contributed by atoms with Crippen molar-refractivity contribution in [3.63, 3.8) is 0 Å². The van der Waals surface area contributed by atoms with E-state index in [1.165, 1.54) is 0 Å². The number of rotatable bonds is 2. The van der Waals surface area contributed by atoms with Crippen LogP contribution in [0.4, 0.5) is 0 Å². The van der Waals surface area contributed by atoms with Crippen molar-refractivity contribution in [1.29, 1.82) is 5.26 Å². The summed E-state index contributed by atoms with van der Waals surface area (Å²) < 4.78 is 2.02. The van der Waals surface area contributed by atoms with Crippen molar-refractivity contribution in [1.82, 2.24) is 9.38 Å². The molecule has 0 bridgehead atoms. The molecule has 2 aromatic heterocycles. The lowest BCUT2D eigenvalue weighted by atomic mass is 9.99. The first-order chi connectivity index (χ1) is 9.19. The number of nitrogens with zero attached hydrogens (tertiary/aromatic N) is 3. The number of pyridine rings is 1. The van der Waals surface area contributed by atoms with Gasteiger partial charge in [0.15, 0.2) is 0 Å². The minimum absolute atomic E-state index is 0.208. The molecule has 2 aromatic rings. The van der Waals surface area contributed by atoms with Crippen LogP contribution in [0.3, 0.4) is 0 Å². The SMILES string of the molecule is CCc1cn2ccc(C3(C#N)CC3)cc2n1.O=C=O. The molecule has 0 atom stereocenters. The molecule has 5 heteroatoms. The first-order valence-electron chi connectivity index (χ1n) is 6.07. The van der Waals surface area contributed by atoms with Crippen LogP contribution < -0.4 is 0 Å². The molecule has 2 heterocycles. The number of nitriles is 1. The average molecular weight is 255 g/mol. The van der Waals surface area contributed by atoms with Crippen LogP contribution >= 0.6 is 0 Å². The van der Waals surface area contributed by atoms with Gasteiger partial charge in [0, 0.05) is 12.4 Å². The fourth-order valence-corrected chi connectivity index (χ4v) is 2.09. The van der Waals surface area contributed by atoms with Crippen molar-refractivity contribution in [2.45, 2.75) is 31.6 Å². The molecule has 1 saturated carbocycles. The summed E-state index contributed by atoms with van der Waals surface area (Å²) in [5.41, 5.74) is 2.96.